The summed E-state index contributed by atoms with van der Waals surface area (Å²) in [6.45, 7) is 0. The molecule has 0 saturated heterocycles. The Morgan fingerprint density at radius 3 is 3.00 bits per heavy atom. The molecule has 2 N–H and O–H groups in total. The molecule has 1 heterocycles. The van der Waals surface area contributed by atoms with Gasteiger partial charge in [0.1, 0.15) is 11.6 Å². The molecule has 0 aliphatic heterocycles. The van der Waals surface area contributed by atoms with Gasteiger partial charge < -0.3 is 10.5 Å². The lowest BCUT2D eigenvalue weighted by molar-refractivity contribution is 0.404. The average Bonchev–Trinajstić information content (AvgIpc) is 2.92. The van der Waals surface area contributed by atoms with Crippen LogP contribution in [0.2, 0.25) is 0 Å². The van der Waals surface area contributed by atoms with Gasteiger partial charge in [-0.3, -0.25) is 0 Å². The van der Waals surface area contributed by atoms with Crippen molar-refractivity contribution in [3.63, 3.8) is 0 Å². The van der Waals surface area contributed by atoms with Gasteiger partial charge in [-0.2, -0.15) is 0 Å². The van der Waals surface area contributed by atoms with Crippen LogP contribution in [-0.2, 0) is 0 Å². The molecule has 1 aliphatic rings. The molecule has 2 rings (SSSR count). The van der Waals surface area contributed by atoms with E-state index < -0.39 is 0 Å². The molecular formula is C9H12N2OS. The molecule has 0 aromatic carbocycles. The number of ether oxygens (including phenoxy) is 1. The minimum atomic E-state index is 0.511. The highest BCUT2D eigenvalue weighted by Gasteiger charge is 2.24. The van der Waals surface area contributed by atoms with Gasteiger partial charge in [0.15, 0.2) is 0 Å². The quantitative estimate of drug-likeness (QED) is 0.802. The lowest BCUT2D eigenvalue weighted by Crippen LogP contribution is -1.93. The Bertz CT molecular complexity index is 312. The van der Waals surface area contributed by atoms with Crippen LogP contribution >= 0.6 is 11.8 Å². The van der Waals surface area contributed by atoms with Crippen LogP contribution in [0.25, 0.3) is 0 Å². The van der Waals surface area contributed by atoms with Crippen molar-refractivity contribution in [3.8, 4) is 5.75 Å². The van der Waals surface area contributed by atoms with E-state index in [4.69, 9.17) is 10.5 Å². The van der Waals surface area contributed by atoms with Crippen LogP contribution in [0.5, 0.6) is 5.75 Å². The van der Waals surface area contributed by atoms with Crippen LogP contribution in [0.15, 0.2) is 17.2 Å². The van der Waals surface area contributed by atoms with Crippen LogP contribution in [0.1, 0.15) is 12.8 Å². The van der Waals surface area contributed by atoms with Gasteiger partial charge in [0, 0.05) is 17.5 Å². The van der Waals surface area contributed by atoms with Gasteiger partial charge >= 0.3 is 0 Å². The van der Waals surface area contributed by atoms with Crippen molar-refractivity contribution >= 4 is 17.6 Å². The van der Waals surface area contributed by atoms with Gasteiger partial charge in [-0.1, -0.05) is 0 Å². The highest BCUT2D eigenvalue weighted by Crippen LogP contribution is 2.42. The maximum absolute atomic E-state index is 5.55. The molecule has 0 radical (unpaired) electrons. The summed E-state index contributed by atoms with van der Waals surface area (Å²) in [5, 5.41) is 0.763. The van der Waals surface area contributed by atoms with Crippen molar-refractivity contribution in [1.82, 2.24) is 4.98 Å². The van der Waals surface area contributed by atoms with Crippen LogP contribution in [0.3, 0.4) is 0 Å². The number of pyridine rings is 1. The normalized spacial score (nSPS) is 15.8. The molecule has 13 heavy (non-hydrogen) atoms. The molecular weight excluding hydrogens is 184 g/mol. The van der Waals surface area contributed by atoms with E-state index in [9.17, 15) is 0 Å². The molecule has 0 bridgehead atoms. The molecule has 4 heteroatoms. The highest BCUT2D eigenvalue weighted by atomic mass is 32.2. The second kappa shape index (κ2) is 3.46. The monoisotopic (exact) mass is 196 g/mol. The third-order valence-electron chi connectivity index (χ3n) is 1.89. The Morgan fingerprint density at radius 1 is 1.62 bits per heavy atom. The average molecular weight is 196 g/mol. The summed E-state index contributed by atoms with van der Waals surface area (Å²) in [5.41, 5.74) is 5.55. The van der Waals surface area contributed by atoms with E-state index in [1.54, 1.807) is 19.4 Å². The number of nitrogens with zero attached hydrogens (tertiary/aromatic N) is 1. The molecule has 1 saturated carbocycles. The van der Waals surface area contributed by atoms with E-state index in [1.807, 2.05) is 11.8 Å². The van der Waals surface area contributed by atoms with Gasteiger partial charge in [0.2, 0.25) is 0 Å². The van der Waals surface area contributed by atoms with Crippen LogP contribution < -0.4 is 10.5 Å². The number of aromatic nitrogens is 1. The fraction of sp³-hybridized carbons (Fsp3) is 0.444. The van der Waals surface area contributed by atoms with Crippen molar-refractivity contribution in [2.75, 3.05) is 12.8 Å². The van der Waals surface area contributed by atoms with Crippen molar-refractivity contribution in [3.05, 3.63) is 12.3 Å². The summed E-state index contributed by atoms with van der Waals surface area (Å²) >= 11 is 1.83. The lowest BCUT2D eigenvalue weighted by atomic mass is 10.4. The van der Waals surface area contributed by atoms with E-state index >= 15 is 0 Å². The molecule has 1 aromatic heterocycles. The second-order valence-electron chi connectivity index (χ2n) is 3.08. The predicted octanol–water partition coefficient (Wildman–Crippen LogP) is 1.93. The smallest absolute Gasteiger partial charge is 0.137 e. The van der Waals surface area contributed by atoms with E-state index in [0.29, 0.717) is 5.82 Å². The standard InChI is InChI=1S/C9H12N2OS/c1-12-7-4-9(10)11-5-8(7)13-6-2-3-6/h4-6H,2-3H2,1H3,(H2,10,11). The second-order valence-corrected chi connectivity index (χ2v) is 4.42. The van der Waals surface area contributed by atoms with Crippen molar-refractivity contribution in [2.45, 2.75) is 23.0 Å². The molecule has 1 aliphatic carbocycles. The van der Waals surface area contributed by atoms with Crippen molar-refractivity contribution in [2.24, 2.45) is 0 Å². The van der Waals surface area contributed by atoms with Gasteiger partial charge in [0.25, 0.3) is 0 Å². The summed E-state index contributed by atoms with van der Waals surface area (Å²) in [7, 11) is 1.66. The first-order valence-corrected chi connectivity index (χ1v) is 5.13. The Kier molecular flexibility index (Phi) is 2.31. The number of hydrogen-bond acceptors (Lipinski definition) is 4. The third-order valence-corrected chi connectivity index (χ3v) is 3.26. The number of hydrogen-bond donors (Lipinski definition) is 1. The number of rotatable bonds is 3. The van der Waals surface area contributed by atoms with E-state index in [2.05, 4.69) is 4.98 Å². The summed E-state index contributed by atoms with van der Waals surface area (Å²) in [6, 6.07) is 1.77. The van der Waals surface area contributed by atoms with Gasteiger partial charge in [0.05, 0.1) is 12.0 Å². The molecule has 1 fully saturated rings. The zero-order valence-corrected chi connectivity index (χ0v) is 8.30. The first-order chi connectivity index (χ1) is 6.29. The van der Waals surface area contributed by atoms with E-state index in [-0.39, 0.29) is 0 Å². The molecule has 0 atom stereocenters. The minimum absolute atomic E-state index is 0.511. The molecule has 3 nitrogen and oxygen atoms in total. The number of methoxy groups -OCH3 is 1. The zero-order chi connectivity index (χ0) is 9.26. The maximum Gasteiger partial charge on any atom is 0.137 e. The number of nitrogens with two attached hydrogens (primary N) is 1. The Labute approximate surface area is 81.7 Å². The van der Waals surface area contributed by atoms with Crippen molar-refractivity contribution < 1.29 is 4.74 Å². The Hall–Kier alpha value is -0.900. The summed E-state index contributed by atoms with van der Waals surface area (Å²) < 4.78 is 5.21. The molecule has 0 amide bonds. The first kappa shape index (κ1) is 8.69. The zero-order valence-electron chi connectivity index (χ0n) is 7.49. The van der Waals surface area contributed by atoms with Crippen molar-refractivity contribution in [1.29, 1.82) is 0 Å². The first-order valence-electron chi connectivity index (χ1n) is 4.26. The molecule has 1 aromatic rings. The van der Waals surface area contributed by atoms with Gasteiger partial charge in [-0.15, -0.1) is 11.8 Å². The minimum Gasteiger partial charge on any atom is -0.495 e. The van der Waals surface area contributed by atoms with Crippen LogP contribution in [0.4, 0.5) is 5.82 Å². The summed E-state index contributed by atoms with van der Waals surface area (Å²) in [5.74, 6) is 1.35. The van der Waals surface area contributed by atoms with E-state index in [0.717, 1.165) is 15.9 Å². The maximum atomic E-state index is 5.55. The fourth-order valence-corrected chi connectivity index (χ4v) is 2.16. The summed E-state index contributed by atoms with van der Waals surface area (Å²) in [4.78, 5) is 5.14. The highest BCUT2D eigenvalue weighted by molar-refractivity contribution is 8.00. The number of nitrogen functional groups attached to an aromatic ring is 1. The molecule has 0 spiro atoms. The molecule has 0 unspecified atom stereocenters. The van der Waals surface area contributed by atoms with E-state index in [1.165, 1.54) is 12.8 Å². The number of anilines is 1. The van der Waals surface area contributed by atoms with Gasteiger partial charge in [-0.25, -0.2) is 4.98 Å². The summed E-state index contributed by atoms with van der Waals surface area (Å²) in [6.07, 6.45) is 4.40. The third kappa shape index (κ3) is 2.06. The predicted molar refractivity (Wildman–Crippen MR) is 54.1 cm³/mol. The number of thioether (sulfide) groups is 1. The Morgan fingerprint density at radius 2 is 2.38 bits per heavy atom. The lowest BCUT2D eigenvalue weighted by Gasteiger charge is -2.06. The fourth-order valence-electron chi connectivity index (χ4n) is 1.05. The Balaban J connectivity index is 2.21. The van der Waals surface area contributed by atoms with Gasteiger partial charge in [-0.05, 0) is 12.8 Å². The topological polar surface area (TPSA) is 48.1 Å². The SMILES string of the molecule is COc1cc(N)ncc1SC1CC1. The van der Waals surface area contributed by atoms with Crippen LogP contribution in [-0.4, -0.2) is 17.3 Å². The largest absolute Gasteiger partial charge is 0.495 e. The molecule has 70 valence electrons. The van der Waals surface area contributed by atoms with Crippen LogP contribution in [0, 0.1) is 0 Å².